The van der Waals surface area contributed by atoms with Crippen LogP contribution in [-0.4, -0.2) is 27.9 Å². The van der Waals surface area contributed by atoms with Crippen LogP contribution in [0.1, 0.15) is 12.5 Å². The standard InChI is InChI=1S/C16H15IN4O2/c1-2-23-14-8-10(7-11(17)15(14)22)9-18-21-16-19-12-5-3-4-6-13(12)20-16/h3-9,22H,2H2,1H3,(H2,19,20,21)/b18-9-. The van der Waals surface area contributed by atoms with Crippen LogP contribution < -0.4 is 10.2 Å². The van der Waals surface area contributed by atoms with Crippen LogP contribution in [0.3, 0.4) is 0 Å². The highest BCUT2D eigenvalue weighted by molar-refractivity contribution is 14.1. The van der Waals surface area contributed by atoms with E-state index in [4.69, 9.17) is 4.74 Å². The van der Waals surface area contributed by atoms with Gasteiger partial charge in [0.2, 0.25) is 5.95 Å². The average Bonchev–Trinajstić information content (AvgIpc) is 2.95. The van der Waals surface area contributed by atoms with Crippen LogP contribution in [-0.2, 0) is 0 Å². The van der Waals surface area contributed by atoms with Gasteiger partial charge in [0, 0.05) is 0 Å². The van der Waals surface area contributed by atoms with Gasteiger partial charge in [0.05, 0.1) is 27.4 Å². The Bertz CT molecular complexity index is 827. The molecular formula is C16H15IN4O2. The van der Waals surface area contributed by atoms with E-state index in [1.165, 1.54) is 0 Å². The summed E-state index contributed by atoms with van der Waals surface area (Å²) in [4.78, 5) is 7.51. The van der Waals surface area contributed by atoms with Gasteiger partial charge in [-0.15, -0.1) is 0 Å². The number of aromatic amines is 1. The number of phenolic OH excluding ortho intramolecular Hbond substituents is 1. The number of hydrazone groups is 1. The van der Waals surface area contributed by atoms with E-state index in [0.29, 0.717) is 21.9 Å². The second kappa shape index (κ2) is 6.86. The van der Waals surface area contributed by atoms with E-state index < -0.39 is 0 Å². The van der Waals surface area contributed by atoms with Gasteiger partial charge in [-0.25, -0.2) is 10.4 Å². The van der Waals surface area contributed by atoms with Crippen molar-refractivity contribution in [1.29, 1.82) is 0 Å². The number of phenols is 1. The molecule has 3 aromatic rings. The molecule has 6 nitrogen and oxygen atoms in total. The van der Waals surface area contributed by atoms with Crippen LogP contribution in [0.5, 0.6) is 11.5 Å². The van der Waals surface area contributed by atoms with Crippen molar-refractivity contribution in [3.05, 3.63) is 45.5 Å². The number of rotatable bonds is 5. The monoisotopic (exact) mass is 422 g/mol. The Morgan fingerprint density at radius 3 is 3.00 bits per heavy atom. The number of halogens is 1. The van der Waals surface area contributed by atoms with Gasteiger partial charge in [0.1, 0.15) is 0 Å². The minimum atomic E-state index is 0.148. The highest BCUT2D eigenvalue weighted by atomic mass is 127. The Labute approximate surface area is 146 Å². The number of aromatic nitrogens is 2. The summed E-state index contributed by atoms with van der Waals surface area (Å²) in [6.45, 7) is 2.36. The van der Waals surface area contributed by atoms with E-state index in [1.807, 2.05) is 37.3 Å². The van der Waals surface area contributed by atoms with Crippen LogP contribution >= 0.6 is 22.6 Å². The van der Waals surface area contributed by atoms with Gasteiger partial charge in [-0.05, 0) is 59.3 Å². The zero-order chi connectivity index (χ0) is 16.2. The van der Waals surface area contributed by atoms with Gasteiger partial charge in [0.25, 0.3) is 0 Å². The molecule has 1 aromatic heterocycles. The van der Waals surface area contributed by atoms with Crippen LogP contribution in [0.4, 0.5) is 5.95 Å². The van der Waals surface area contributed by atoms with Gasteiger partial charge >= 0.3 is 0 Å². The van der Waals surface area contributed by atoms with Gasteiger partial charge in [-0.3, -0.25) is 0 Å². The fourth-order valence-electron chi connectivity index (χ4n) is 2.11. The zero-order valence-electron chi connectivity index (χ0n) is 12.4. The highest BCUT2D eigenvalue weighted by Gasteiger charge is 2.08. The zero-order valence-corrected chi connectivity index (χ0v) is 14.5. The van der Waals surface area contributed by atoms with Crippen molar-refractivity contribution in [3.63, 3.8) is 0 Å². The van der Waals surface area contributed by atoms with E-state index in [2.05, 4.69) is 43.1 Å². The number of anilines is 1. The lowest BCUT2D eigenvalue weighted by Gasteiger charge is -2.08. The quantitative estimate of drug-likeness (QED) is 0.333. The molecule has 0 atom stereocenters. The number of para-hydroxylation sites is 2. The molecule has 0 fully saturated rings. The van der Waals surface area contributed by atoms with Crippen molar-refractivity contribution in [2.45, 2.75) is 6.92 Å². The molecule has 0 saturated carbocycles. The molecule has 0 aliphatic rings. The van der Waals surface area contributed by atoms with Crippen molar-refractivity contribution in [1.82, 2.24) is 9.97 Å². The maximum Gasteiger partial charge on any atom is 0.222 e. The van der Waals surface area contributed by atoms with Crippen molar-refractivity contribution < 1.29 is 9.84 Å². The number of nitrogens with one attached hydrogen (secondary N) is 2. The fourth-order valence-corrected chi connectivity index (χ4v) is 2.73. The Balaban J connectivity index is 1.77. The summed E-state index contributed by atoms with van der Waals surface area (Å²) in [5, 5.41) is 14.1. The smallest absolute Gasteiger partial charge is 0.222 e. The lowest BCUT2D eigenvalue weighted by molar-refractivity contribution is 0.317. The number of H-pyrrole nitrogens is 1. The molecular weight excluding hydrogens is 407 g/mol. The number of benzene rings is 2. The van der Waals surface area contributed by atoms with Crippen molar-refractivity contribution in [2.75, 3.05) is 12.0 Å². The molecule has 2 aromatic carbocycles. The maximum atomic E-state index is 9.93. The third kappa shape index (κ3) is 3.55. The van der Waals surface area contributed by atoms with Gasteiger partial charge in [-0.1, -0.05) is 12.1 Å². The van der Waals surface area contributed by atoms with E-state index in [-0.39, 0.29) is 5.75 Å². The summed E-state index contributed by atoms with van der Waals surface area (Å²) in [5.41, 5.74) is 5.51. The van der Waals surface area contributed by atoms with E-state index >= 15 is 0 Å². The summed E-state index contributed by atoms with van der Waals surface area (Å²) in [6.07, 6.45) is 1.65. The van der Waals surface area contributed by atoms with Crippen molar-refractivity contribution in [2.24, 2.45) is 5.10 Å². The Morgan fingerprint density at radius 1 is 1.39 bits per heavy atom. The van der Waals surface area contributed by atoms with Gasteiger partial charge < -0.3 is 14.8 Å². The summed E-state index contributed by atoms with van der Waals surface area (Å²) in [7, 11) is 0. The SMILES string of the molecule is CCOc1cc(/C=N\Nc2nc3ccccc3[nH]2)cc(I)c1O. The van der Waals surface area contributed by atoms with Crippen molar-refractivity contribution >= 4 is 45.8 Å². The summed E-state index contributed by atoms with van der Waals surface area (Å²) in [5.74, 6) is 1.17. The summed E-state index contributed by atoms with van der Waals surface area (Å²) in [6, 6.07) is 11.3. The third-order valence-electron chi connectivity index (χ3n) is 3.12. The van der Waals surface area contributed by atoms with Crippen LogP contribution in [0.25, 0.3) is 11.0 Å². The predicted molar refractivity (Wildman–Crippen MR) is 99.3 cm³/mol. The molecule has 7 heteroatoms. The Morgan fingerprint density at radius 2 is 2.22 bits per heavy atom. The molecule has 0 spiro atoms. The molecule has 118 valence electrons. The van der Waals surface area contributed by atoms with E-state index in [1.54, 1.807) is 12.3 Å². The molecule has 0 aliphatic carbocycles. The number of aromatic hydroxyl groups is 1. The lowest BCUT2D eigenvalue weighted by atomic mass is 10.2. The second-order valence-electron chi connectivity index (χ2n) is 4.76. The predicted octanol–water partition coefficient (Wildman–Crippen LogP) is 3.72. The van der Waals surface area contributed by atoms with Crippen LogP contribution in [0.15, 0.2) is 41.5 Å². The summed E-state index contributed by atoms with van der Waals surface area (Å²) >= 11 is 2.06. The third-order valence-corrected chi connectivity index (χ3v) is 3.95. The normalized spacial score (nSPS) is 11.2. The molecule has 0 bridgehead atoms. The Hall–Kier alpha value is -2.29. The number of fused-ring (bicyclic) bond motifs is 1. The molecule has 0 amide bonds. The second-order valence-corrected chi connectivity index (χ2v) is 5.92. The minimum absolute atomic E-state index is 0.148. The minimum Gasteiger partial charge on any atom is -0.504 e. The average molecular weight is 422 g/mol. The molecule has 23 heavy (non-hydrogen) atoms. The largest absolute Gasteiger partial charge is 0.504 e. The number of hydrogen-bond donors (Lipinski definition) is 3. The number of hydrogen-bond acceptors (Lipinski definition) is 5. The topological polar surface area (TPSA) is 82.5 Å². The summed E-state index contributed by atoms with van der Waals surface area (Å²) < 4.78 is 6.11. The number of imidazole rings is 1. The van der Waals surface area contributed by atoms with Crippen molar-refractivity contribution in [3.8, 4) is 11.5 Å². The maximum absolute atomic E-state index is 9.93. The van der Waals surface area contributed by atoms with E-state index in [0.717, 1.165) is 16.6 Å². The van der Waals surface area contributed by atoms with Crippen LogP contribution in [0.2, 0.25) is 0 Å². The molecule has 1 heterocycles. The number of nitrogens with zero attached hydrogens (tertiary/aromatic N) is 2. The number of ether oxygens (including phenoxy) is 1. The highest BCUT2D eigenvalue weighted by Crippen LogP contribution is 2.32. The first-order valence-electron chi connectivity index (χ1n) is 7.06. The molecule has 0 unspecified atom stereocenters. The molecule has 3 N–H and O–H groups in total. The lowest BCUT2D eigenvalue weighted by Crippen LogP contribution is -1.96. The first-order chi connectivity index (χ1) is 11.2. The first kappa shape index (κ1) is 15.6. The molecule has 3 rings (SSSR count). The first-order valence-corrected chi connectivity index (χ1v) is 8.14. The fraction of sp³-hybridized carbons (Fsp3) is 0.125. The molecule has 0 aliphatic heterocycles. The molecule has 0 radical (unpaired) electrons. The van der Waals surface area contributed by atoms with E-state index in [9.17, 15) is 5.11 Å². The van der Waals surface area contributed by atoms with Gasteiger partial charge in [-0.2, -0.15) is 5.10 Å². The van der Waals surface area contributed by atoms with Gasteiger partial charge in [0.15, 0.2) is 11.5 Å². The molecule has 0 saturated heterocycles. The Kier molecular flexibility index (Phi) is 4.65. The van der Waals surface area contributed by atoms with Crippen LogP contribution in [0, 0.1) is 3.57 Å².